The van der Waals surface area contributed by atoms with Gasteiger partial charge in [-0.25, -0.2) is 4.79 Å². The van der Waals surface area contributed by atoms with Gasteiger partial charge in [0.1, 0.15) is 0 Å². The van der Waals surface area contributed by atoms with E-state index in [1.807, 2.05) is 36.4 Å². The highest BCUT2D eigenvalue weighted by Crippen LogP contribution is 2.29. The number of H-pyrrole nitrogens is 1. The van der Waals surface area contributed by atoms with Gasteiger partial charge in [-0.05, 0) is 30.2 Å². The molecule has 160 valence electrons. The van der Waals surface area contributed by atoms with Crippen molar-refractivity contribution in [1.29, 1.82) is 0 Å². The highest BCUT2D eigenvalue weighted by atomic mass is 16.5. The van der Waals surface area contributed by atoms with Gasteiger partial charge >= 0.3 is 5.97 Å². The quantitative estimate of drug-likeness (QED) is 0.484. The lowest BCUT2D eigenvalue weighted by molar-refractivity contribution is -0.132. The average molecular weight is 418 g/mol. The fourth-order valence-corrected chi connectivity index (χ4v) is 4.12. The second-order valence-corrected chi connectivity index (χ2v) is 7.87. The zero-order valence-electron chi connectivity index (χ0n) is 17.9. The first-order chi connectivity index (χ1) is 15.0. The van der Waals surface area contributed by atoms with Crippen LogP contribution in [0.3, 0.4) is 0 Å². The minimum Gasteiger partial charge on any atom is -0.465 e. The Kier molecular flexibility index (Phi) is 5.89. The van der Waals surface area contributed by atoms with Crippen LogP contribution in [0.4, 0.5) is 0 Å². The van der Waals surface area contributed by atoms with Gasteiger partial charge in [0.25, 0.3) is 0 Å². The molecule has 0 fully saturated rings. The number of carbonyl (C=O) groups excluding carboxylic acids is 3. The molecule has 0 bridgehead atoms. The SMILES string of the molecule is CCc1ccc(C(=O)CCC(=O)N2CCc3[nH]c4ccc(C(=O)OC)cc4c3C2)cc1. The number of carbonyl (C=O) groups is 3. The Morgan fingerprint density at radius 2 is 1.77 bits per heavy atom. The van der Waals surface area contributed by atoms with Crippen LogP contribution in [0.1, 0.15) is 57.3 Å². The third-order valence-corrected chi connectivity index (χ3v) is 6.00. The third kappa shape index (κ3) is 4.24. The summed E-state index contributed by atoms with van der Waals surface area (Å²) in [6.45, 7) is 3.16. The number of esters is 1. The van der Waals surface area contributed by atoms with Gasteiger partial charge in [-0.15, -0.1) is 0 Å². The number of ketones is 1. The lowest BCUT2D eigenvalue weighted by Crippen LogP contribution is -2.35. The predicted molar refractivity (Wildman–Crippen MR) is 118 cm³/mol. The number of rotatable bonds is 6. The number of nitrogens with one attached hydrogen (secondary N) is 1. The van der Waals surface area contributed by atoms with Gasteiger partial charge in [-0.3, -0.25) is 9.59 Å². The molecular formula is C25H26N2O4. The second-order valence-electron chi connectivity index (χ2n) is 7.87. The Balaban J connectivity index is 1.44. The Hall–Kier alpha value is -3.41. The molecule has 2 aromatic carbocycles. The maximum Gasteiger partial charge on any atom is 0.337 e. The summed E-state index contributed by atoms with van der Waals surface area (Å²) < 4.78 is 4.82. The largest absolute Gasteiger partial charge is 0.465 e. The lowest BCUT2D eigenvalue weighted by atomic mass is 10.0. The summed E-state index contributed by atoms with van der Waals surface area (Å²) in [6, 6.07) is 13.0. The van der Waals surface area contributed by atoms with E-state index in [4.69, 9.17) is 4.74 Å². The van der Waals surface area contributed by atoms with Gasteiger partial charge in [0, 0.05) is 60.1 Å². The summed E-state index contributed by atoms with van der Waals surface area (Å²) >= 11 is 0. The first kappa shape index (κ1) is 20.8. The molecule has 3 aromatic rings. The molecule has 0 saturated carbocycles. The second kappa shape index (κ2) is 8.76. The van der Waals surface area contributed by atoms with Gasteiger partial charge < -0.3 is 14.6 Å². The number of aromatic amines is 1. The van der Waals surface area contributed by atoms with E-state index < -0.39 is 0 Å². The number of aromatic nitrogens is 1. The van der Waals surface area contributed by atoms with Crippen LogP contribution in [0.5, 0.6) is 0 Å². The molecule has 1 N–H and O–H groups in total. The molecule has 1 aliphatic heterocycles. The molecule has 2 heterocycles. The van der Waals surface area contributed by atoms with Gasteiger partial charge in [0.2, 0.25) is 5.91 Å². The first-order valence-electron chi connectivity index (χ1n) is 10.6. The van der Waals surface area contributed by atoms with Crippen LogP contribution in [0.15, 0.2) is 42.5 Å². The third-order valence-electron chi connectivity index (χ3n) is 6.00. The maximum atomic E-state index is 12.8. The van der Waals surface area contributed by atoms with Gasteiger partial charge in [0.15, 0.2) is 5.78 Å². The fourth-order valence-electron chi connectivity index (χ4n) is 4.12. The number of Topliss-reactive ketones (excluding diaryl/α,β-unsaturated/α-hetero) is 1. The van der Waals surface area contributed by atoms with Crippen molar-refractivity contribution < 1.29 is 19.1 Å². The maximum absolute atomic E-state index is 12.8. The van der Waals surface area contributed by atoms with Crippen molar-refractivity contribution in [1.82, 2.24) is 9.88 Å². The standard InChI is InChI=1S/C25H26N2O4/c1-3-16-4-6-17(7-5-16)23(28)10-11-24(29)27-13-12-22-20(15-27)19-14-18(25(30)31-2)8-9-21(19)26-22/h4-9,14,26H,3,10-13,15H2,1-2H3. The topological polar surface area (TPSA) is 79.5 Å². The molecule has 0 radical (unpaired) electrons. The minimum absolute atomic E-state index is 0.0106. The number of ether oxygens (including phenoxy) is 1. The van der Waals surface area contributed by atoms with Crippen molar-refractivity contribution in [2.75, 3.05) is 13.7 Å². The van der Waals surface area contributed by atoms with Crippen LogP contribution in [0.25, 0.3) is 10.9 Å². The predicted octanol–water partition coefficient (Wildman–Crippen LogP) is 4.06. The van der Waals surface area contributed by atoms with Crippen molar-refractivity contribution in [3.05, 3.63) is 70.4 Å². The zero-order chi connectivity index (χ0) is 22.0. The normalized spacial score (nSPS) is 13.2. The number of hydrogen-bond donors (Lipinski definition) is 1. The zero-order valence-corrected chi connectivity index (χ0v) is 17.9. The summed E-state index contributed by atoms with van der Waals surface area (Å²) in [5.74, 6) is -0.419. The number of aryl methyl sites for hydroxylation is 1. The highest BCUT2D eigenvalue weighted by molar-refractivity contribution is 5.98. The van der Waals surface area contributed by atoms with E-state index in [9.17, 15) is 14.4 Å². The average Bonchev–Trinajstić information content (AvgIpc) is 3.18. The number of methoxy groups -OCH3 is 1. The van der Waals surface area contributed by atoms with E-state index in [1.54, 1.807) is 11.0 Å². The van der Waals surface area contributed by atoms with E-state index in [1.165, 1.54) is 12.7 Å². The van der Waals surface area contributed by atoms with Crippen LogP contribution >= 0.6 is 0 Å². The Labute approximate surface area is 181 Å². The summed E-state index contributed by atoms with van der Waals surface area (Å²) in [5, 5.41) is 0.933. The molecule has 0 unspecified atom stereocenters. The molecule has 31 heavy (non-hydrogen) atoms. The molecule has 0 atom stereocenters. The Morgan fingerprint density at radius 1 is 1.03 bits per heavy atom. The van der Waals surface area contributed by atoms with Crippen LogP contribution in [0, 0.1) is 0 Å². The molecule has 1 aliphatic rings. The molecule has 0 saturated heterocycles. The number of amides is 1. The number of fused-ring (bicyclic) bond motifs is 3. The summed E-state index contributed by atoms with van der Waals surface area (Å²) in [4.78, 5) is 42.4. The molecular weight excluding hydrogens is 392 g/mol. The molecule has 6 nitrogen and oxygen atoms in total. The molecule has 1 amide bonds. The van der Waals surface area contributed by atoms with Crippen LogP contribution in [-0.2, 0) is 28.9 Å². The van der Waals surface area contributed by atoms with Crippen LogP contribution < -0.4 is 0 Å². The number of benzene rings is 2. The lowest BCUT2D eigenvalue weighted by Gasteiger charge is -2.27. The molecule has 0 spiro atoms. The van der Waals surface area contributed by atoms with E-state index in [-0.39, 0.29) is 30.5 Å². The highest BCUT2D eigenvalue weighted by Gasteiger charge is 2.25. The van der Waals surface area contributed by atoms with Gasteiger partial charge in [-0.2, -0.15) is 0 Å². The molecule has 4 rings (SSSR count). The molecule has 6 heteroatoms. The van der Waals surface area contributed by atoms with E-state index in [2.05, 4.69) is 11.9 Å². The monoisotopic (exact) mass is 418 g/mol. The van der Waals surface area contributed by atoms with Crippen molar-refractivity contribution in [3.8, 4) is 0 Å². The van der Waals surface area contributed by atoms with Crippen molar-refractivity contribution in [3.63, 3.8) is 0 Å². The summed E-state index contributed by atoms with van der Waals surface area (Å²) in [6.07, 6.45) is 2.04. The molecule has 0 aliphatic carbocycles. The van der Waals surface area contributed by atoms with E-state index in [0.717, 1.165) is 35.0 Å². The van der Waals surface area contributed by atoms with Crippen molar-refractivity contribution in [2.24, 2.45) is 0 Å². The number of hydrogen-bond acceptors (Lipinski definition) is 4. The van der Waals surface area contributed by atoms with E-state index >= 15 is 0 Å². The van der Waals surface area contributed by atoms with Crippen LogP contribution in [0.2, 0.25) is 0 Å². The Morgan fingerprint density at radius 3 is 2.48 bits per heavy atom. The summed E-state index contributed by atoms with van der Waals surface area (Å²) in [7, 11) is 1.36. The smallest absolute Gasteiger partial charge is 0.337 e. The summed E-state index contributed by atoms with van der Waals surface area (Å²) in [5.41, 5.74) is 5.39. The Bertz CT molecular complexity index is 1140. The minimum atomic E-state index is -0.383. The van der Waals surface area contributed by atoms with Gasteiger partial charge in [-0.1, -0.05) is 31.2 Å². The van der Waals surface area contributed by atoms with Crippen LogP contribution in [-0.4, -0.2) is 41.2 Å². The number of nitrogens with zero attached hydrogens (tertiary/aromatic N) is 1. The van der Waals surface area contributed by atoms with E-state index in [0.29, 0.717) is 24.2 Å². The van der Waals surface area contributed by atoms with Gasteiger partial charge in [0.05, 0.1) is 12.7 Å². The molecule has 1 aromatic heterocycles. The van der Waals surface area contributed by atoms with Crippen molar-refractivity contribution >= 4 is 28.6 Å². The van der Waals surface area contributed by atoms with Crippen molar-refractivity contribution in [2.45, 2.75) is 39.2 Å². The fraction of sp³-hybridized carbons (Fsp3) is 0.320. The first-order valence-corrected chi connectivity index (χ1v) is 10.6.